The highest BCUT2D eigenvalue weighted by atomic mass is 17.0. The molecule has 0 saturated carbocycles. The van der Waals surface area contributed by atoms with Crippen LogP contribution in [0.4, 0.5) is 4.79 Å². The maximum atomic E-state index is 11.8. The fourth-order valence-corrected chi connectivity index (χ4v) is 1.46. The molecule has 7 nitrogen and oxygen atoms in total. The van der Waals surface area contributed by atoms with Gasteiger partial charge in [0, 0.05) is 5.39 Å². The van der Waals surface area contributed by atoms with E-state index in [1.807, 2.05) is 6.07 Å². The Morgan fingerprint density at radius 3 is 2.68 bits per heavy atom. The number of rotatable bonds is 2. The van der Waals surface area contributed by atoms with E-state index in [-0.39, 0.29) is 5.09 Å². The summed E-state index contributed by atoms with van der Waals surface area (Å²) in [4.78, 5) is 32.4. The first kappa shape index (κ1) is 13.0. The second-order valence-corrected chi connectivity index (χ2v) is 4.90. The second kappa shape index (κ2) is 4.68. The van der Waals surface area contributed by atoms with Gasteiger partial charge < -0.3 is 0 Å². The van der Waals surface area contributed by atoms with Gasteiger partial charge in [-0.15, -0.1) is 0 Å². The van der Waals surface area contributed by atoms with Crippen molar-refractivity contribution in [1.29, 1.82) is 0 Å². The lowest BCUT2D eigenvalue weighted by Crippen LogP contribution is -2.29. The van der Waals surface area contributed by atoms with Crippen LogP contribution < -0.4 is 0 Å². The number of hydrogen-bond acceptors (Lipinski definition) is 5. The lowest BCUT2D eigenvalue weighted by molar-refractivity contribution is -0.974. The number of hydrogen-bond donors (Lipinski definition) is 0. The quantitative estimate of drug-likeness (QED) is 0.779. The number of fused-ring (bicyclic) bond motifs is 1. The van der Waals surface area contributed by atoms with E-state index in [9.17, 15) is 9.70 Å². The fraction of sp³-hybridized carbons (Fsp3) is 0.333. The van der Waals surface area contributed by atoms with Crippen LogP contribution in [0, 0.1) is 4.91 Å². The van der Waals surface area contributed by atoms with Crippen LogP contribution in [0.15, 0.2) is 30.5 Å². The van der Waals surface area contributed by atoms with Crippen molar-refractivity contribution in [3.05, 3.63) is 35.4 Å². The van der Waals surface area contributed by atoms with Crippen LogP contribution in [0.25, 0.3) is 10.9 Å². The van der Waals surface area contributed by atoms with Crippen molar-refractivity contribution in [3.8, 4) is 0 Å². The van der Waals surface area contributed by atoms with E-state index in [0.29, 0.717) is 5.52 Å². The molecule has 1 aromatic carbocycles. The summed E-state index contributed by atoms with van der Waals surface area (Å²) in [6.07, 6.45) is 0.580. The summed E-state index contributed by atoms with van der Waals surface area (Å²) in [6.45, 7) is 4.99. The Labute approximate surface area is 109 Å². The summed E-state index contributed by atoms with van der Waals surface area (Å²) in [5, 5.41) is 4.43. The lowest BCUT2D eigenvalue weighted by atomic mass is 10.2. The first-order valence-corrected chi connectivity index (χ1v) is 5.68. The average molecular weight is 264 g/mol. The van der Waals surface area contributed by atoms with Crippen LogP contribution in [-0.2, 0) is 9.68 Å². The number of carbonyl (C=O) groups excluding carboxylic acids is 1. The van der Waals surface area contributed by atoms with Gasteiger partial charge in [0.1, 0.15) is 4.91 Å². The summed E-state index contributed by atoms with van der Waals surface area (Å²) in [6, 6.07) is 7.08. The smallest absolute Gasteiger partial charge is 0.214 e. The molecule has 0 amide bonds. The van der Waals surface area contributed by atoms with Crippen LogP contribution in [0.1, 0.15) is 20.8 Å². The minimum Gasteiger partial charge on any atom is -0.214 e. The molecule has 0 fully saturated rings. The molecule has 0 aliphatic rings. The Morgan fingerprint density at radius 1 is 1.32 bits per heavy atom. The van der Waals surface area contributed by atoms with Crippen molar-refractivity contribution < 1.29 is 19.6 Å². The third kappa shape index (κ3) is 3.06. The number of para-hydroxylation sites is 1. The summed E-state index contributed by atoms with van der Waals surface area (Å²) in [5.41, 5.74) is -0.203. The predicted octanol–water partition coefficient (Wildman–Crippen LogP) is 2.45. The van der Waals surface area contributed by atoms with Gasteiger partial charge >= 0.3 is 11.2 Å². The van der Waals surface area contributed by atoms with Gasteiger partial charge in [0.2, 0.25) is 0 Å². The van der Waals surface area contributed by atoms with Crippen molar-refractivity contribution >= 4 is 17.0 Å². The van der Waals surface area contributed by atoms with E-state index in [1.54, 1.807) is 39.0 Å². The molecule has 0 atom stereocenters. The Hall–Kier alpha value is -2.44. The maximum absolute atomic E-state index is 11.8. The number of aromatic nitrogens is 2. The van der Waals surface area contributed by atoms with Gasteiger partial charge in [0.25, 0.3) is 0 Å². The van der Waals surface area contributed by atoms with Gasteiger partial charge in [0.15, 0.2) is 5.60 Å². The van der Waals surface area contributed by atoms with E-state index in [1.165, 1.54) is 6.20 Å². The molecule has 0 saturated heterocycles. The van der Waals surface area contributed by atoms with Gasteiger partial charge in [-0.1, -0.05) is 23.0 Å². The van der Waals surface area contributed by atoms with Crippen molar-refractivity contribution in [2.24, 2.45) is 0 Å². The molecular formula is C12H14N3O4+. The molecule has 0 bridgehead atoms. The number of nitrogens with zero attached hydrogens (tertiary/aromatic N) is 3. The molecule has 0 spiro atoms. The standard InChI is InChI=1S/C12H14N3O4/c1-12(2,3)19-15(17)18-11(16)14-10-7-5-4-6-9(10)8-13-14/h4-8H,1-3H3/q+1. The van der Waals surface area contributed by atoms with Crippen LogP contribution >= 0.6 is 0 Å². The Morgan fingerprint density at radius 2 is 2.00 bits per heavy atom. The van der Waals surface area contributed by atoms with Crippen LogP contribution in [0.5, 0.6) is 0 Å². The van der Waals surface area contributed by atoms with Crippen LogP contribution in [0.3, 0.4) is 0 Å². The topological polar surface area (TPSA) is 73.4 Å². The molecule has 0 aliphatic carbocycles. The minimum atomic E-state index is -0.930. The Kier molecular flexibility index (Phi) is 3.20. The van der Waals surface area contributed by atoms with Crippen molar-refractivity contribution in [2.45, 2.75) is 26.4 Å². The number of carbonyl (C=O) groups is 1. The van der Waals surface area contributed by atoms with Crippen molar-refractivity contribution in [2.75, 3.05) is 0 Å². The summed E-state index contributed by atoms with van der Waals surface area (Å²) in [7, 11) is 0. The average Bonchev–Trinajstić information content (AvgIpc) is 2.69. The predicted molar refractivity (Wildman–Crippen MR) is 66.1 cm³/mol. The minimum absolute atomic E-state index is 0.210. The van der Waals surface area contributed by atoms with E-state index in [4.69, 9.17) is 4.84 Å². The summed E-state index contributed by atoms with van der Waals surface area (Å²) >= 11 is 0. The van der Waals surface area contributed by atoms with E-state index in [2.05, 4.69) is 9.94 Å². The molecule has 19 heavy (non-hydrogen) atoms. The highest BCUT2D eigenvalue weighted by molar-refractivity contribution is 5.87. The van der Waals surface area contributed by atoms with Gasteiger partial charge in [-0.25, -0.2) is 4.79 Å². The molecule has 0 unspecified atom stereocenters. The van der Waals surface area contributed by atoms with Gasteiger partial charge in [-0.2, -0.15) is 14.6 Å². The third-order valence-corrected chi connectivity index (χ3v) is 2.15. The zero-order chi connectivity index (χ0) is 14.0. The zero-order valence-corrected chi connectivity index (χ0v) is 10.9. The Bertz CT molecular complexity index is 627. The van der Waals surface area contributed by atoms with Crippen molar-refractivity contribution in [3.63, 3.8) is 0 Å². The third-order valence-electron chi connectivity index (χ3n) is 2.15. The molecule has 1 heterocycles. The molecule has 1 aromatic heterocycles. The maximum Gasteiger partial charge on any atom is 0.513 e. The van der Waals surface area contributed by atoms with E-state index < -0.39 is 11.7 Å². The molecule has 0 aliphatic heterocycles. The summed E-state index contributed by atoms with van der Waals surface area (Å²) in [5.74, 6) is 0. The SMILES string of the molecule is CC(C)(C)O[N+](=O)OC(=O)n1ncc2ccccc21. The first-order valence-electron chi connectivity index (χ1n) is 5.68. The normalized spacial score (nSPS) is 11.3. The highest BCUT2D eigenvalue weighted by Gasteiger charge is 2.30. The molecule has 7 heteroatoms. The number of benzene rings is 1. The van der Waals surface area contributed by atoms with E-state index in [0.717, 1.165) is 10.1 Å². The summed E-state index contributed by atoms with van der Waals surface area (Å²) < 4.78 is 0.992. The lowest BCUT2D eigenvalue weighted by Gasteiger charge is -2.07. The molecule has 100 valence electrons. The largest absolute Gasteiger partial charge is 0.513 e. The molecule has 2 aromatic rings. The van der Waals surface area contributed by atoms with Crippen LogP contribution in [0.2, 0.25) is 0 Å². The molecule has 0 radical (unpaired) electrons. The second-order valence-electron chi connectivity index (χ2n) is 4.90. The molecule has 2 rings (SSSR count). The molecule has 0 N–H and O–H groups in total. The van der Waals surface area contributed by atoms with Gasteiger partial charge in [0.05, 0.1) is 11.7 Å². The van der Waals surface area contributed by atoms with Crippen molar-refractivity contribution in [1.82, 2.24) is 9.78 Å². The fourth-order valence-electron chi connectivity index (χ4n) is 1.46. The monoisotopic (exact) mass is 264 g/mol. The zero-order valence-electron chi connectivity index (χ0n) is 10.9. The van der Waals surface area contributed by atoms with E-state index >= 15 is 0 Å². The Balaban J connectivity index is 2.14. The van der Waals surface area contributed by atoms with Gasteiger partial charge in [-0.3, -0.25) is 0 Å². The van der Waals surface area contributed by atoms with Crippen LogP contribution in [-0.4, -0.2) is 26.6 Å². The molecular weight excluding hydrogens is 250 g/mol. The highest BCUT2D eigenvalue weighted by Crippen LogP contribution is 2.13. The van der Waals surface area contributed by atoms with Gasteiger partial charge in [-0.05, 0) is 26.8 Å². The first-order chi connectivity index (χ1) is 8.87.